The van der Waals surface area contributed by atoms with Crippen molar-refractivity contribution in [2.24, 2.45) is 4.99 Å². The first-order valence-electron chi connectivity index (χ1n) is 8.42. The van der Waals surface area contributed by atoms with Gasteiger partial charge in [0.2, 0.25) is 0 Å². The van der Waals surface area contributed by atoms with Crippen LogP contribution in [0.2, 0.25) is 5.02 Å². The van der Waals surface area contributed by atoms with Gasteiger partial charge in [0.25, 0.3) is 0 Å². The van der Waals surface area contributed by atoms with Gasteiger partial charge in [0.15, 0.2) is 0 Å². The van der Waals surface area contributed by atoms with Gasteiger partial charge in [0.05, 0.1) is 5.69 Å². The van der Waals surface area contributed by atoms with Crippen LogP contribution in [0.1, 0.15) is 16.7 Å². The highest BCUT2D eigenvalue weighted by molar-refractivity contribution is 8.08. The summed E-state index contributed by atoms with van der Waals surface area (Å²) in [6, 6.07) is 24.6. The van der Waals surface area contributed by atoms with Crippen LogP contribution in [0.25, 0.3) is 4.91 Å². The molecule has 1 nitrogen and oxygen atoms in total. The Morgan fingerprint density at radius 2 is 1.54 bits per heavy atom. The summed E-state index contributed by atoms with van der Waals surface area (Å²) in [5, 5.41) is 0.730. The Kier molecular flexibility index (Phi) is 6.32. The minimum Gasteiger partial charge on any atom is -0.257 e. The van der Waals surface area contributed by atoms with Crippen LogP contribution < -0.4 is 0 Å². The third-order valence-corrected chi connectivity index (χ3v) is 5.18. The Hall–Kier alpha value is -2.29. The van der Waals surface area contributed by atoms with Gasteiger partial charge in [0.1, 0.15) is 0 Å². The molecule has 0 aromatic heterocycles. The van der Waals surface area contributed by atoms with Crippen molar-refractivity contribution < 1.29 is 0 Å². The van der Waals surface area contributed by atoms with Crippen LogP contribution in [0.4, 0.5) is 5.69 Å². The van der Waals surface area contributed by atoms with Crippen molar-refractivity contribution in [3.05, 3.63) is 101 Å². The summed E-state index contributed by atoms with van der Waals surface area (Å²) in [4.78, 5) is 6.83. The molecule has 0 bridgehead atoms. The zero-order valence-corrected chi connectivity index (χ0v) is 16.4. The lowest BCUT2D eigenvalue weighted by molar-refractivity contribution is 1.38. The molecule has 0 amide bonds. The molecule has 0 unspecified atom stereocenters. The maximum atomic E-state index is 6.19. The Morgan fingerprint density at radius 1 is 0.885 bits per heavy atom. The quantitative estimate of drug-likeness (QED) is 0.331. The van der Waals surface area contributed by atoms with E-state index >= 15 is 0 Å². The van der Waals surface area contributed by atoms with Gasteiger partial charge in [-0.05, 0) is 61.9 Å². The topological polar surface area (TPSA) is 12.4 Å². The lowest BCUT2D eigenvalue weighted by Gasteiger charge is -2.08. The van der Waals surface area contributed by atoms with Gasteiger partial charge in [-0.1, -0.05) is 70.9 Å². The van der Waals surface area contributed by atoms with Crippen molar-refractivity contribution in [1.29, 1.82) is 0 Å². The number of halogens is 1. The zero-order chi connectivity index (χ0) is 18.4. The van der Waals surface area contributed by atoms with Gasteiger partial charge in [-0.15, -0.1) is 0 Å². The molecule has 0 saturated heterocycles. The minimum absolute atomic E-state index is 0.730. The van der Waals surface area contributed by atoms with E-state index in [1.54, 1.807) is 11.8 Å². The van der Waals surface area contributed by atoms with Crippen molar-refractivity contribution in [2.45, 2.75) is 18.7 Å². The van der Waals surface area contributed by atoms with E-state index in [-0.39, 0.29) is 0 Å². The first-order chi connectivity index (χ1) is 12.6. The smallest absolute Gasteiger partial charge is 0.0629 e. The lowest BCUT2D eigenvalue weighted by Crippen LogP contribution is -1.83. The Labute approximate surface area is 164 Å². The fourth-order valence-electron chi connectivity index (χ4n) is 2.39. The molecule has 0 aliphatic heterocycles. The van der Waals surface area contributed by atoms with Gasteiger partial charge in [0, 0.05) is 21.0 Å². The molecule has 26 heavy (non-hydrogen) atoms. The first kappa shape index (κ1) is 18.5. The van der Waals surface area contributed by atoms with E-state index in [4.69, 9.17) is 11.6 Å². The van der Waals surface area contributed by atoms with Crippen molar-refractivity contribution in [2.75, 3.05) is 0 Å². The highest BCUT2D eigenvalue weighted by atomic mass is 35.5. The van der Waals surface area contributed by atoms with E-state index in [0.717, 1.165) is 21.2 Å². The highest BCUT2D eigenvalue weighted by Crippen LogP contribution is 2.35. The third-order valence-electron chi connectivity index (χ3n) is 3.84. The molecule has 3 rings (SSSR count). The van der Waals surface area contributed by atoms with Crippen LogP contribution in [0.5, 0.6) is 0 Å². The maximum Gasteiger partial charge on any atom is 0.0629 e. The molecule has 0 heterocycles. The SMILES string of the molecule is Cc1ccc(N=CC=C(Sc2ccc(C)cc2)c2cccc(Cl)c2)cc1. The second-order valence-electron chi connectivity index (χ2n) is 6.07. The second-order valence-corrected chi connectivity index (χ2v) is 7.62. The number of aliphatic imine (C=N–C) groups is 1. The predicted octanol–water partition coefficient (Wildman–Crippen LogP) is 7.49. The van der Waals surface area contributed by atoms with Gasteiger partial charge in [-0.3, -0.25) is 4.99 Å². The van der Waals surface area contributed by atoms with Crippen LogP contribution in [0.3, 0.4) is 0 Å². The van der Waals surface area contributed by atoms with Gasteiger partial charge < -0.3 is 0 Å². The highest BCUT2D eigenvalue weighted by Gasteiger charge is 2.05. The number of aryl methyl sites for hydroxylation is 2. The molecule has 3 aromatic rings. The molecule has 3 aromatic carbocycles. The lowest BCUT2D eigenvalue weighted by atomic mass is 10.2. The van der Waals surface area contributed by atoms with Crippen molar-refractivity contribution >= 4 is 40.2 Å². The van der Waals surface area contributed by atoms with E-state index in [1.807, 2.05) is 42.6 Å². The Balaban J connectivity index is 1.88. The number of rotatable bonds is 5. The van der Waals surface area contributed by atoms with Crippen LogP contribution in [0, 0.1) is 13.8 Å². The largest absolute Gasteiger partial charge is 0.257 e. The fraction of sp³-hybridized carbons (Fsp3) is 0.0870. The number of thioether (sulfide) groups is 1. The minimum atomic E-state index is 0.730. The number of allylic oxidation sites excluding steroid dienone is 1. The fourth-order valence-corrected chi connectivity index (χ4v) is 3.48. The summed E-state index contributed by atoms with van der Waals surface area (Å²) in [5.41, 5.74) is 4.51. The van der Waals surface area contributed by atoms with Crippen LogP contribution in [-0.4, -0.2) is 6.21 Å². The van der Waals surface area contributed by atoms with Gasteiger partial charge in [-0.2, -0.15) is 0 Å². The summed E-state index contributed by atoms with van der Waals surface area (Å²) in [7, 11) is 0. The van der Waals surface area contributed by atoms with Crippen LogP contribution >= 0.6 is 23.4 Å². The molecule has 0 saturated carbocycles. The normalized spacial score (nSPS) is 11.9. The molecule has 0 radical (unpaired) electrons. The Bertz CT molecular complexity index is 925. The van der Waals surface area contributed by atoms with Gasteiger partial charge >= 0.3 is 0 Å². The molecular formula is C23H20ClNS. The van der Waals surface area contributed by atoms with Gasteiger partial charge in [-0.25, -0.2) is 0 Å². The summed E-state index contributed by atoms with van der Waals surface area (Å²) in [5.74, 6) is 0. The summed E-state index contributed by atoms with van der Waals surface area (Å²) >= 11 is 7.90. The molecule has 0 fully saturated rings. The number of hydrogen-bond donors (Lipinski definition) is 0. The predicted molar refractivity (Wildman–Crippen MR) is 116 cm³/mol. The van der Waals surface area contributed by atoms with Crippen molar-refractivity contribution in [3.63, 3.8) is 0 Å². The average Bonchev–Trinajstić information content (AvgIpc) is 2.64. The molecular weight excluding hydrogens is 358 g/mol. The molecule has 0 atom stereocenters. The van der Waals surface area contributed by atoms with Crippen LogP contribution in [0.15, 0.2) is 88.8 Å². The van der Waals surface area contributed by atoms with Crippen molar-refractivity contribution in [1.82, 2.24) is 0 Å². The van der Waals surface area contributed by atoms with E-state index in [9.17, 15) is 0 Å². The Morgan fingerprint density at radius 3 is 2.19 bits per heavy atom. The zero-order valence-electron chi connectivity index (χ0n) is 14.8. The third kappa shape index (κ3) is 5.35. The molecule has 0 N–H and O–H groups in total. The van der Waals surface area contributed by atoms with Crippen LogP contribution in [-0.2, 0) is 0 Å². The summed E-state index contributed by atoms with van der Waals surface area (Å²) < 4.78 is 0. The van der Waals surface area contributed by atoms with Crippen molar-refractivity contribution in [3.8, 4) is 0 Å². The molecule has 0 aliphatic carbocycles. The van der Waals surface area contributed by atoms with E-state index < -0.39 is 0 Å². The monoisotopic (exact) mass is 377 g/mol. The number of nitrogens with zero attached hydrogens (tertiary/aromatic N) is 1. The molecule has 0 spiro atoms. The first-order valence-corrected chi connectivity index (χ1v) is 9.61. The molecule has 0 aliphatic rings. The molecule has 130 valence electrons. The number of benzene rings is 3. The maximum absolute atomic E-state index is 6.19. The molecule has 3 heteroatoms. The number of hydrogen-bond acceptors (Lipinski definition) is 2. The summed E-state index contributed by atoms with van der Waals surface area (Å²) in [6.07, 6.45) is 3.89. The standard InChI is InChI=1S/C23H20ClNS/c1-17-6-10-21(11-7-17)25-15-14-23(19-4-3-5-20(24)16-19)26-22-12-8-18(2)9-13-22/h3-16H,1-2H3. The average molecular weight is 378 g/mol. The summed E-state index contributed by atoms with van der Waals surface area (Å²) in [6.45, 7) is 4.17. The van der Waals surface area contributed by atoms with E-state index in [2.05, 4.69) is 61.3 Å². The van der Waals surface area contributed by atoms with E-state index in [1.165, 1.54) is 16.0 Å². The van der Waals surface area contributed by atoms with E-state index in [0.29, 0.717) is 0 Å². The second kappa shape index (κ2) is 8.88.